The van der Waals surface area contributed by atoms with Gasteiger partial charge in [-0.3, -0.25) is 14.6 Å². The Morgan fingerprint density at radius 2 is 2.04 bits per heavy atom. The number of rotatable bonds is 3. The molecule has 1 saturated carbocycles. The topological polar surface area (TPSA) is 72.6 Å². The van der Waals surface area contributed by atoms with Crippen LogP contribution in [0, 0.1) is 12.8 Å². The van der Waals surface area contributed by atoms with Gasteiger partial charge in [-0.1, -0.05) is 12.5 Å². The average Bonchev–Trinajstić information content (AvgIpc) is 3.25. The summed E-state index contributed by atoms with van der Waals surface area (Å²) in [4.78, 5) is 32.5. The molecule has 0 bridgehead atoms. The van der Waals surface area contributed by atoms with Gasteiger partial charge in [-0.25, -0.2) is 0 Å². The first-order valence-corrected chi connectivity index (χ1v) is 9.84. The number of fused-ring (bicyclic) bond motifs is 1. The summed E-state index contributed by atoms with van der Waals surface area (Å²) < 4.78 is 12.0. The smallest absolute Gasteiger partial charge is 0.290 e. The molecule has 3 aliphatic rings. The second kappa shape index (κ2) is 6.62. The number of aryl methyl sites for hydroxylation is 1. The molecule has 6 heteroatoms. The molecule has 0 spiro atoms. The third-order valence-corrected chi connectivity index (χ3v) is 5.97. The van der Waals surface area contributed by atoms with E-state index in [9.17, 15) is 9.59 Å². The maximum Gasteiger partial charge on any atom is 0.290 e. The number of carbonyl (C=O) groups is 2. The monoisotopic (exact) mass is 378 g/mol. The number of hydrogen-bond donors (Lipinski definition) is 0. The minimum atomic E-state index is -0.549. The molecule has 1 fully saturated rings. The number of pyridine rings is 1. The van der Waals surface area contributed by atoms with E-state index in [1.807, 2.05) is 31.2 Å². The molecule has 144 valence electrons. The third kappa shape index (κ3) is 2.66. The molecule has 3 atom stereocenters. The summed E-state index contributed by atoms with van der Waals surface area (Å²) >= 11 is 0. The predicted octanol–water partition coefficient (Wildman–Crippen LogP) is 3.48. The third-order valence-electron chi connectivity index (χ3n) is 5.97. The van der Waals surface area contributed by atoms with E-state index in [0.717, 1.165) is 37.0 Å². The lowest BCUT2D eigenvalue weighted by Crippen LogP contribution is -2.39. The fourth-order valence-electron chi connectivity index (χ4n) is 4.64. The molecule has 0 radical (unpaired) electrons. The quantitative estimate of drug-likeness (QED) is 0.818. The van der Waals surface area contributed by atoms with Gasteiger partial charge in [-0.2, -0.15) is 0 Å². The van der Waals surface area contributed by atoms with Crippen LogP contribution < -0.4 is 0 Å². The van der Waals surface area contributed by atoms with E-state index in [-0.39, 0.29) is 29.5 Å². The maximum atomic E-state index is 13.4. The van der Waals surface area contributed by atoms with Gasteiger partial charge in [0.1, 0.15) is 23.7 Å². The standard InChI is InChI=1S/C22H22N2O4/c1-13-8-9-17(27-13)19-18-20(25)15-6-2-3-7-16(15)28-21(18)22(26)24(19)12-14-5-4-10-23-11-14/h4-5,8-11,15-16,19H,2-3,6-7,12H2,1H3. The van der Waals surface area contributed by atoms with Crippen molar-refractivity contribution in [1.29, 1.82) is 0 Å². The van der Waals surface area contributed by atoms with Crippen LogP contribution in [0.4, 0.5) is 0 Å². The Morgan fingerprint density at radius 3 is 2.79 bits per heavy atom. The van der Waals surface area contributed by atoms with Gasteiger partial charge in [0.25, 0.3) is 5.91 Å². The molecule has 1 amide bonds. The van der Waals surface area contributed by atoms with E-state index in [1.54, 1.807) is 17.3 Å². The minimum absolute atomic E-state index is 0.0482. The van der Waals surface area contributed by atoms with Gasteiger partial charge in [0.05, 0.1) is 11.5 Å². The van der Waals surface area contributed by atoms with Gasteiger partial charge in [0, 0.05) is 18.9 Å². The van der Waals surface area contributed by atoms with Crippen molar-refractivity contribution in [3.05, 3.63) is 65.1 Å². The van der Waals surface area contributed by atoms with Gasteiger partial charge in [-0.05, 0) is 49.9 Å². The van der Waals surface area contributed by atoms with Crippen LogP contribution in [0.1, 0.15) is 48.8 Å². The zero-order chi connectivity index (χ0) is 19.3. The summed E-state index contributed by atoms with van der Waals surface area (Å²) in [6.45, 7) is 2.20. The van der Waals surface area contributed by atoms with Crippen LogP contribution in [0.15, 0.2) is 52.4 Å². The highest BCUT2D eigenvalue weighted by Crippen LogP contribution is 2.47. The number of ether oxygens (including phenoxy) is 1. The van der Waals surface area contributed by atoms with E-state index in [1.165, 1.54) is 0 Å². The molecule has 0 aromatic carbocycles. The number of Topliss-reactive ketones (excluding diaryl/α,β-unsaturated/α-hetero) is 1. The molecule has 0 saturated heterocycles. The molecular weight excluding hydrogens is 356 g/mol. The van der Waals surface area contributed by atoms with E-state index in [2.05, 4.69) is 4.98 Å². The Labute approximate surface area is 163 Å². The van der Waals surface area contributed by atoms with E-state index < -0.39 is 6.04 Å². The number of aromatic nitrogens is 1. The first-order valence-electron chi connectivity index (χ1n) is 9.84. The van der Waals surface area contributed by atoms with Crippen molar-refractivity contribution in [2.45, 2.75) is 51.3 Å². The minimum Gasteiger partial charge on any atom is -0.483 e. The van der Waals surface area contributed by atoms with Gasteiger partial charge < -0.3 is 14.1 Å². The normalized spacial score (nSPS) is 26.9. The molecule has 4 heterocycles. The highest BCUT2D eigenvalue weighted by atomic mass is 16.5. The zero-order valence-electron chi connectivity index (χ0n) is 15.8. The van der Waals surface area contributed by atoms with Crippen molar-refractivity contribution < 1.29 is 18.7 Å². The van der Waals surface area contributed by atoms with Gasteiger partial charge in [0.15, 0.2) is 11.5 Å². The Morgan fingerprint density at radius 1 is 1.18 bits per heavy atom. The highest BCUT2D eigenvalue weighted by Gasteiger charge is 2.52. The lowest BCUT2D eigenvalue weighted by atomic mass is 9.78. The zero-order valence-corrected chi connectivity index (χ0v) is 15.8. The SMILES string of the molecule is Cc1ccc(C2C3=C(OC4CCCCC4C3=O)C(=O)N2Cc2cccnc2)o1. The van der Waals surface area contributed by atoms with Crippen molar-refractivity contribution in [2.24, 2.45) is 5.92 Å². The maximum absolute atomic E-state index is 13.4. The summed E-state index contributed by atoms with van der Waals surface area (Å²) in [7, 11) is 0. The lowest BCUT2D eigenvalue weighted by molar-refractivity contribution is -0.135. The molecule has 1 aliphatic carbocycles. The van der Waals surface area contributed by atoms with Crippen LogP contribution in [0.3, 0.4) is 0 Å². The van der Waals surface area contributed by atoms with Crippen LogP contribution in [-0.4, -0.2) is 27.7 Å². The fourth-order valence-corrected chi connectivity index (χ4v) is 4.64. The second-order valence-electron chi connectivity index (χ2n) is 7.80. The molecule has 5 rings (SSSR count). The molecule has 6 nitrogen and oxygen atoms in total. The average molecular weight is 378 g/mol. The molecule has 2 aromatic heterocycles. The fraction of sp³-hybridized carbons (Fsp3) is 0.409. The van der Waals surface area contributed by atoms with Crippen LogP contribution >= 0.6 is 0 Å². The summed E-state index contributed by atoms with van der Waals surface area (Å²) in [5, 5.41) is 0. The summed E-state index contributed by atoms with van der Waals surface area (Å²) in [6.07, 6.45) is 6.96. The van der Waals surface area contributed by atoms with Gasteiger partial charge in [0.2, 0.25) is 0 Å². The summed E-state index contributed by atoms with van der Waals surface area (Å²) in [5.74, 6) is 1.22. The largest absolute Gasteiger partial charge is 0.483 e. The molecule has 0 N–H and O–H groups in total. The first kappa shape index (κ1) is 17.2. The first-order chi connectivity index (χ1) is 13.6. The summed E-state index contributed by atoms with van der Waals surface area (Å²) in [6, 6.07) is 6.92. The second-order valence-corrected chi connectivity index (χ2v) is 7.80. The molecule has 3 unspecified atom stereocenters. The number of carbonyl (C=O) groups excluding carboxylic acids is 2. The van der Waals surface area contributed by atoms with Crippen molar-refractivity contribution in [3.8, 4) is 0 Å². The van der Waals surface area contributed by atoms with E-state index in [4.69, 9.17) is 9.15 Å². The number of amides is 1. The Kier molecular flexibility index (Phi) is 4.07. The van der Waals surface area contributed by atoms with Crippen LogP contribution in [-0.2, 0) is 20.9 Å². The number of furan rings is 1. The molecular formula is C22H22N2O4. The molecule has 28 heavy (non-hydrogen) atoms. The van der Waals surface area contributed by atoms with Crippen molar-refractivity contribution in [3.63, 3.8) is 0 Å². The Bertz CT molecular complexity index is 962. The predicted molar refractivity (Wildman–Crippen MR) is 99.8 cm³/mol. The van der Waals surface area contributed by atoms with Crippen LogP contribution in [0.2, 0.25) is 0 Å². The van der Waals surface area contributed by atoms with Gasteiger partial charge >= 0.3 is 0 Å². The van der Waals surface area contributed by atoms with Crippen LogP contribution in [0.25, 0.3) is 0 Å². The van der Waals surface area contributed by atoms with Crippen LogP contribution in [0.5, 0.6) is 0 Å². The lowest BCUT2D eigenvalue weighted by Gasteiger charge is -2.35. The van der Waals surface area contributed by atoms with Gasteiger partial charge in [-0.15, -0.1) is 0 Å². The number of ketones is 1. The van der Waals surface area contributed by atoms with Crippen molar-refractivity contribution in [1.82, 2.24) is 9.88 Å². The highest BCUT2D eigenvalue weighted by molar-refractivity contribution is 6.11. The summed E-state index contributed by atoms with van der Waals surface area (Å²) in [5.41, 5.74) is 1.36. The number of nitrogens with zero attached hydrogens (tertiary/aromatic N) is 2. The van der Waals surface area contributed by atoms with E-state index >= 15 is 0 Å². The molecule has 2 aromatic rings. The number of hydrogen-bond acceptors (Lipinski definition) is 5. The van der Waals surface area contributed by atoms with Crippen molar-refractivity contribution in [2.75, 3.05) is 0 Å². The Balaban J connectivity index is 1.58. The van der Waals surface area contributed by atoms with Crippen molar-refractivity contribution >= 4 is 11.7 Å². The van der Waals surface area contributed by atoms with E-state index in [0.29, 0.717) is 17.9 Å². The molecule has 2 aliphatic heterocycles. The Hall–Kier alpha value is -2.89.